The third-order valence-electron chi connectivity index (χ3n) is 3.62. The molecule has 1 atom stereocenters. The Labute approximate surface area is 140 Å². The first-order valence-corrected chi connectivity index (χ1v) is 8.08. The van der Waals surface area contributed by atoms with Crippen molar-refractivity contribution < 1.29 is 13.7 Å². The number of carbonyl (C=O) groups is 1. The van der Waals surface area contributed by atoms with Crippen molar-refractivity contribution >= 4 is 5.91 Å². The molecular formula is C17H23FN4O2. The summed E-state index contributed by atoms with van der Waals surface area (Å²) in [5.74, 6) is 0.305. The lowest BCUT2D eigenvalue weighted by Gasteiger charge is -2.12. The van der Waals surface area contributed by atoms with E-state index in [1.54, 1.807) is 19.1 Å². The molecule has 1 amide bonds. The molecule has 0 aliphatic carbocycles. The number of benzene rings is 1. The summed E-state index contributed by atoms with van der Waals surface area (Å²) in [4.78, 5) is 16.0. The molecule has 1 heterocycles. The van der Waals surface area contributed by atoms with Crippen LogP contribution in [0.3, 0.4) is 0 Å². The van der Waals surface area contributed by atoms with Crippen molar-refractivity contribution in [2.45, 2.75) is 39.7 Å². The van der Waals surface area contributed by atoms with Crippen LogP contribution in [-0.4, -0.2) is 35.2 Å². The molecule has 0 saturated carbocycles. The van der Waals surface area contributed by atoms with Gasteiger partial charge in [0.05, 0.1) is 0 Å². The molecular weight excluding hydrogens is 311 g/mol. The maximum absolute atomic E-state index is 13.6. The lowest BCUT2D eigenvalue weighted by molar-refractivity contribution is -0.121. The molecule has 0 spiro atoms. The monoisotopic (exact) mass is 334 g/mol. The quantitative estimate of drug-likeness (QED) is 0.774. The normalized spacial score (nSPS) is 12.2. The molecule has 0 radical (unpaired) electrons. The van der Waals surface area contributed by atoms with E-state index in [1.165, 1.54) is 6.07 Å². The SMILES string of the molecule is CCN[C@H](C)CNC(=O)CCc1nc(-c2ccc(C)c(F)c2)no1. The zero-order valence-corrected chi connectivity index (χ0v) is 14.2. The van der Waals surface area contributed by atoms with Crippen molar-refractivity contribution in [1.29, 1.82) is 0 Å². The first-order chi connectivity index (χ1) is 11.5. The summed E-state index contributed by atoms with van der Waals surface area (Å²) in [5, 5.41) is 9.91. The molecule has 24 heavy (non-hydrogen) atoms. The fourth-order valence-corrected chi connectivity index (χ4v) is 2.20. The van der Waals surface area contributed by atoms with Crippen LogP contribution in [0.4, 0.5) is 4.39 Å². The van der Waals surface area contributed by atoms with Gasteiger partial charge in [-0.2, -0.15) is 4.98 Å². The summed E-state index contributed by atoms with van der Waals surface area (Å²) in [5.41, 5.74) is 1.11. The van der Waals surface area contributed by atoms with Crippen molar-refractivity contribution in [2.24, 2.45) is 0 Å². The second-order valence-electron chi connectivity index (χ2n) is 5.74. The minimum Gasteiger partial charge on any atom is -0.355 e. The van der Waals surface area contributed by atoms with E-state index in [2.05, 4.69) is 20.8 Å². The smallest absolute Gasteiger partial charge is 0.227 e. The summed E-state index contributed by atoms with van der Waals surface area (Å²) in [6.07, 6.45) is 0.617. The number of aromatic nitrogens is 2. The zero-order valence-electron chi connectivity index (χ0n) is 14.2. The maximum atomic E-state index is 13.6. The minimum absolute atomic E-state index is 0.0686. The molecule has 7 heteroatoms. The number of hydrogen-bond donors (Lipinski definition) is 2. The molecule has 1 aromatic carbocycles. The number of halogens is 1. The molecule has 2 rings (SSSR count). The summed E-state index contributed by atoms with van der Waals surface area (Å²) in [7, 11) is 0. The van der Waals surface area contributed by atoms with Crippen LogP contribution < -0.4 is 10.6 Å². The van der Waals surface area contributed by atoms with E-state index in [1.807, 2.05) is 13.8 Å². The Morgan fingerprint density at radius 1 is 1.42 bits per heavy atom. The van der Waals surface area contributed by atoms with Gasteiger partial charge in [0.15, 0.2) is 0 Å². The predicted octanol–water partition coefficient (Wildman–Crippen LogP) is 2.23. The van der Waals surface area contributed by atoms with Gasteiger partial charge in [-0.3, -0.25) is 4.79 Å². The van der Waals surface area contributed by atoms with Crippen molar-refractivity contribution in [2.75, 3.05) is 13.1 Å². The minimum atomic E-state index is -0.312. The predicted molar refractivity (Wildman–Crippen MR) is 88.9 cm³/mol. The van der Waals surface area contributed by atoms with Crippen molar-refractivity contribution in [3.8, 4) is 11.4 Å². The lowest BCUT2D eigenvalue weighted by atomic mass is 10.1. The van der Waals surface area contributed by atoms with Gasteiger partial charge in [0.1, 0.15) is 5.82 Å². The number of amides is 1. The Bertz CT molecular complexity index is 687. The summed E-state index contributed by atoms with van der Waals surface area (Å²) in [6, 6.07) is 5.01. The van der Waals surface area contributed by atoms with Crippen LogP contribution in [0, 0.1) is 12.7 Å². The maximum Gasteiger partial charge on any atom is 0.227 e. The fraction of sp³-hybridized carbons (Fsp3) is 0.471. The zero-order chi connectivity index (χ0) is 17.5. The van der Waals surface area contributed by atoms with E-state index in [0.29, 0.717) is 35.8 Å². The number of carbonyl (C=O) groups excluding carboxylic acids is 1. The molecule has 0 bridgehead atoms. The first kappa shape index (κ1) is 18.1. The Morgan fingerprint density at radius 3 is 2.92 bits per heavy atom. The Hall–Kier alpha value is -2.28. The van der Waals surface area contributed by atoms with Gasteiger partial charge < -0.3 is 15.2 Å². The van der Waals surface area contributed by atoms with Gasteiger partial charge in [-0.15, -0.1) is 0 Å². The molecule has 2 N–H and O–H groups in total. The van der Waals surface area contributed by atoms with Crippen LogP contribution >= 0.6 is 0 Å². The van der Waals surface area contributed by atoms with Crippen LogP contribution in [0.15, 0.2) is 22.7 Å². The second kappa shape index (κ2) is 8.54. The Balaban J connectivity index is 1.85. The van der Waals surface area contributed by atoms with Crippen LogP contribution in [0.1, 0.15) is 31.7 Å². The van der Waals surface area contributed by atoms with Crippen LogP contribution in [0.25, 0.3) is 11.4 Å². The molecule has 0 aliphatic heterocycles. The van der Waals surface area contributed by atoms with Crippen molar-refractivity contribution in [1.82, 2.24) is 20.8 Å². The number of likely N-dealkylation sites (N-methyl/N-ethyl adjacent to an activating group) is 1. The van der Waals surface area contributed by atoms with Gasteiger partial charge in [0.2, 0.25) is 17.6 Å². The van der Waals surface area contributed by atoms with Crippen LogP contribution in [0.2, 0.25) is 0 Å². The number of hydrogen-bond acceptors (Lipinski definition) is 5. The van der Waals surface area contributed by atoms with Gasteiger partial charge in [0, 0.05) is 31.0 Å². The molecule has 2 aromatic rings. The Morgan fingerprint density at radius 2 is 2.21 bits per heavy atom. The molecule has 1 aromatic heterocycles. The van der Waals surface area contributed by atoms with Gasteiger partial charge in [-0.1, -0.05) is 24.2 Å². The van der Waals surface area contributed by atoms with Crippen molar-refractivity contribution in [3.05, 3.63) is 35.5 Å². The fourth-order valence-electron chi connectivity index (χ4n) is 2.20. The van der Waals surface area contributed by atoms with Gasteiger partial charge >= 0.3 is 0 Å². The third-order valence-corrected chi connectivity index (χ3v) is 3.62. The second-order valence-corrected chi connectivity index (χ2v) is 5.74. The molecule has 0 fully saturated rings. The summed E-state index contributed by atoms with van der Waals surface area (Å²) < 4.78 is 18.7. The largest absolute Gasteiger partial charge is 0.355 e. The molecule has 0 unspecified atom stereocenters. The standard InChI is InChI=1S/C17H23FN4O2/c1-4-19-12(3)10-20-15(23)7-8-16-21-17(22-24-16)13-6-5-11(2)14(18)9-13/h5-6,9,12,19H,4,7-8,10H2,1-3H3,(H,20,23)/t12-/m1/s1. The molecule has 0 saturated heterocycles. The molecule has 130 valence electrons. The molecule has 0 aliphatic rings. The van der Waals surface area contributed by atoms with Gasteiger partial charge in [-0.25, -0.2) is 4.39 Å². The number of nitrogens with one attached hydrogen (secondary N) is 2. The van der Waals surface area contributed by atoms with Gasteiger partial charge in [-0.05, 0) is 32.0 Å². The van der Waals surface area contributed by atoms with Crippen molar-refractivity contribution in [3.63, 3.8) is 0 Å². The average molecular weight is 334 g/mol. The Kier molecular flexibility index (Phi) is 6.43. The summed E-state index contributed by atoms with van der Waals surface area (Å²) in [6.45, 7) is 7.15. The number of aryl methyl sites for hydroxylation is 2. The number of rotatable bonds is 8. The van der Waals surface area contributed by atoms with E-state index in [9.17, 15) is 9.18 Å². The van der Waals surface area contributed by atoms with E-state index in [4.69, 9.17) is 4.52 Å². The first-order valence-electron chi connectivity index (χ1n) is 8.08. The van der Waals surface area contributed by atoms with Crippen LogP contribution in [-0.2, 0) is 11.2 Å². The highest BCUT2D eigenvalue weighted by Gasteiger charge is 2.12. The van der Waals surface area contributed by atoms with E-state index in [0.717, 1.165) is 6.54 Å². The van der Waals surface area contributed by atoms with E-state index >= 15 is 0 Å². The number of nitrogens with zero attached hydrogens (tertiary/aromatic N) is 2. The third kappa shape index (κ3) is 5.13. The lowest BCUT2D eigenvalue weighted by Crippen LogP contribution is -2.38. The van der Waals surface area contributed by atoms with Gasteiger partial charge in [0.25, 0.3) is 0 Å². The van der Waals surface area contributed by atoms with E-state index in [-0.39, 0.29) is 24.2 Å². The topological polar surface area (TPSA) is 80.0 Å². The highest BCUT2D eigenvalue weighted by atomic mass is 19.1. The molecule has 6 nitrogen and oxygen atoms in total. The van der Waals surface area contributed by atoms with Crippen LogP contribution in [0.5, 0.6) is 0 Å². The average Bonchev–Trinajstić information content (AvgIpc) is 3.03. The highest BCUT2D eigenvalue weighted by Crippen LogP contribution is 2.19. The van der Waals surface area contributed by atoms with E-state index < -0.39 is 0 Å². The summed E-state index contributed by atoms with van der Waals surface area (Å²) >= 11 is 0. The highest BCUT2D eigenvalue weighted by molar-refractivity contribution is 5.76.